The number of carbonyl (C=O) groups excluding carboxylic acids is 1. The molecular formula is C19H17F2N3O2. The third kappa shape index (κ3) is 3.21. The van der Waals surface area contributed by atoms with Gasteiger partial charge in [0.25, 0.3) is 0 Å². The average molecular weight is 357 g/mol. The number of halogens is 2. The number of H-pyrrole nitrogens is 1. The number of aromatic amines is 1. The number of aromatic nitrogens is 2. The van der Waals surface area contributed by atoms with Crippen molar-refractivity contribution in [1.82, 2.24) is 14.9 Å². The highest BCUT2D eigenvalue weighted by Crippen LogP contribution is 2.28. The number of Topliss-reactive ketones (excluding diaryl/α,β-unsaturated/α-hetero) is 1. The Morgan fingerprint density at radius 3 is 2.77 bits per heavy atom. The molecule has 0 atom stereocenters. The summed E-state index contributed by atoms with van der Waals surface area (Å²) in [6.07, 6.45) is 4.42. The quantitative estimate of drug-likeness (QED) is 0.544. The minimum absolute atomic E-state index is 0.0160. The topological polar surface area (TPSA) is 69.2 Å². The number of nitrogens with one attached hydrogen (secondary N) is 1. The van der Waals surface area contributed by atoms with Crippen molar-refractivity contribution in [2.45, 2.75) is 6.61 Å². The molecule has 1 aromatic carbocycles. The zero-order valence-electron chi connectivity index (χ0n) is 14.3. The van der Waals surface area contributed by atoms with Gasteiger partial charge in [0.2, 0.25) is 0 Å². The lowest BCUT2D eigenvalue weighted by atomic mass is 9.96. The Balaban J connectivity index is 2.17. The molecule has 2 heterocycles. The third-order valence-electron chi connectivity index (χ3n) is 3.89. The molecule has 3 aromatic rings. The van der Waals surface area contributed by atoms with E-state index < -0.39 is 17.4 Å². The highest BCUT2D eigenvalue weighted by atomic mass is 19.2. The van der Waals surface area contributed by atoms with Gasteiger partial charge in [-0.3, -0.25) is 4.79 Å². The first-order valence-electron chi connectivity index (χ1n) is 7.86. The number of aliphatic hydroxyl groups excluding tert-OH is 1. The number of pyridine rings is 1. The van der Waals surface area contributed by atoms with E-state index >= 15 is 0 Å². The molecule has 0 spiro atoms. The molecule has 3 rings (SSSR count). The summed E-state index contributed by atoms with van der Waals surface area (Å²) in [5.41, 5.74) is 1.17. The fourth-order valence-electron chi connectivity index (χ4n) is 2.69. The molecule has 0 aliphatic rings. The second-order valence-electron chi connectivity index (χ2n) is 6.04. The molecule has 7 heteroatoms. The number of allylic oxidation sites excluding steroid dienone is 1. The van der Waals surface area contributed by atoms with Crippen molar-refractivity contribution in [3.63, 3.8) is 0 Å². The predicted octanol–water partition coefficient (Wildman–Crippen LogP) is 3.12. The van der Waals surface area contributed by atoms with Crippen molar-refractivity contribution in [3.05, 3.63) is 71.2 Å². The number of hydrogen-bond donors (Lipinski definition) is 2. The van der Waals surface area contributed by atoms with Crippen LogP contribution >= 0.6 is 0 Å². The summed E-state index contributed by atoms with van der Waals surface area (Å²) in [7, 11) is 3.37. The van der Waals surface area contributed by atoms with Crippen LogP contribution < -0.4 is 0 Å². The smallest absolute Gasteiger partial charge is 0.197 e. The maximum atomic E-state index is 14.3. The fraction of sp³-hybridized carbons (Fsp3) is 0.158. The molecule has 0 amide bonds. The van der Waals surface area contributed by atoms with Gasteiger partial charge >= 0.3 is 0 Å². The highest BCUT2D eigenvalue weighted by molar-refractivity contribution is 6.32. The predicted molar refractivity (Wildman–Crippen MR) is 94.4 cm³/mol. The molecule has 0 aliphatic carbocycles. The number of nitrogens with zero attached hydrogens (tertiary/aromatic N) is 2. The van der Waals surface area contributed by atoms with Gasteiger partial charge in [0.1, 0.15) is 5.65 Å². The molecule has 134 valence electrons. The number of rotatable bonds is 5. The summed E-state index contributed by atoms with van der Waals surface area (Å²) in [6, 6.07) is 5.35. The summed E-state index contributed by atoms with van der Waals surface area (Å²) in [5.74, 6) is -2.59. The second kappa shape index (κ2) is 7.05. The lowest BCUT2D eigenvalue weighted by molar-refractivity contribution is 0.105. The van der Waals surface area contributed by atoms with Crippen molar-refractivity contribution in [2.24, 2.45) is 0 Å². The van der Waals surface area contributed by atoms with Gasteiger partial charge in [-0.15, -0.1) is 0 Å². The standard InChI is InChI=1S/C19H17F2N3O2/c1-24(2)9-15(12-4-3-5-16(20)17(12)21)18(26)14-8-23-19-13(14)6-11(10-25)7-22-19/h3-9,25H,10H2,1-2H3,(H,22,23). The van der Waals surface area contributed by atoms with Crippen molar-refractivity contribution in [2.75, 3.05) is 14.1 Å². The van der Waals surface area contributed by atoms with Gasteiger partial charge in [0.15, 0.2) is 17.4 Å². The first kappa shape index (κ1) is 17.8. The minimum atomic E-state index is -1.08. The summed E-state index contributed by atoms with van der Waals surface area (Å²) >= 11 is 0. The van der Waals surface area contributed by atoms with Gasteiger partial charge in [0.05, 0.1) is 6.61 Å². The molecule has 5 nitrogen and oxygen atoms in total. The van der Waals surface area contributed by atoms with Crippen LogP contribution in [0.4, 0.5) is 8.78 Å². The van der Waals surface area contributed by atoms with Gasteiger partial charge in [-0.25, -0.2) is 13.8 Å². The molecule has 0 radical (unpaired) electrons. The largest absolute Gasteiger partial charge is 0.392 e. The van der Waals surface area contributed by atoms with Crippen LogP contribution in [0.25, 0.3) is 16.6 Å². The maximum Gasteiger partial charge on any atom is 0.197 e. The zero-order chi connectivity index (χ0) is 18.8. The van der Waals surface area contributed by atoms with E-state index in [0.29, 0.717) is 16.6 Å². The first-order chi connectivity index (χ1) is 12.4. The Labute approximate surface area is 148 Å². The zero-order valence-corrected chi connectivity index (χ0v) is 14.3. The lowest BCUT2D eigenvalue weighted by Gasteiger charge is -2.12. The van der Waals surface area contributed by atoms with Crippen LogP contribution in [0.5, 0.6) is 0 Å². The van der Waals surface area contributed by atoms with Crippen molar-refractivity contribution in [3.8, 4) is 0 Å². The van der Waals surface area contributed by atoms with Crippen LogP contribution in [0.3, 0.4) is 0 Å². The molecule has 0 saturated carbocycles. The monoisotopic (exact) mass is 357 g/mol. The van der Waals surface area contributed by atoms with E-state index in [1.165, 1.54) is 30.7 Å². The normalized spacial score (nSPS) is 11.8. The van der Waals surface area contributed by atoms with Crippen LogP contribution in [-0.2, 0) is 6.61 Å². The summed E-state index contributed by atoms with van der Waals surface area (Å²) in [6.45, 7) is -0.222. The van der Waals surface area contributed by atoms with Crippen LogP contribution in [-0.4, -0.2) is 39.9 Å². The lowest BCUT2D eigenvalue weighted by Crippen LogP contribution is -2.11. The summed E-state index contributed by atoms with van der Waals surface area (Å²) in [4.78, 5) is 21.7. The Kier molecular flexibility index (Phi) is 4.81. The molecule has 2 aromatic heterocycles. The highest BCUT2D eigenvalue weighted by Gasteiger charge is 2.23. The van der Waals surface area contributed by atoms with Gasteiger partial charge in [-0.2, -0.15) is 0 Å². The van der Waals surface area contributed by atoms with Crippen LogP contribution in [0.1, 0.15) is 21.5 Å². The Morgan fingerprint density at radius 2 is 2.08 bits per heavy atom. The van der Waals surface area contributed by atoms with Crippen LogP contribution in [0.2, 0.25) is 0 Å². The Bertz CT molecular complexity index is 1010. The first-order valence-corrected chi connectivity index (χ1v) is 7.86. The molecule has 0 aliphatic heterocycles. The van der Waals surface area contributed by atoms with E-state index in [4.69, 9.17) is 0 Å². The molecule has 2 N–H and O–H groups in total. The van der Waals surface area contributed by atoms with E-state index in [9.17, 15) is 18.7 Å². The van der Waals surface area contributed by atoms with Gasteiger partial charge in [-0.1, -0.05) is 12.1 Å². The number of fused-ring (bicyclic) bond motifs is 1. The van der Waals surface area contributed by atoms with Crippen LogP contribution in [0.15, 0.2) is 42.9 Å². The van der Waals surface area contributed by atoms with E-state index in [0.717, 1.165) is 6.07 Å². The van der Waals surface area contributed by atoms with Gasteiger partial charge in [-0.05, 0) is 17.7 Å². The third-order valence-corrected chi connectivity index (χ3v) is 3.89. The summed E-state index contributed by atoms with van der Waals surface area (Å²) < 4.78 is 28.0. The molecular weight excluding hydrogens is 340 g/mol. The molecule has 0 saturated heterocycles. The molecule has 0 bridgehead atoms. The van der Waals surface area contributed by atoms with Gasteiger partial charge < -0.3 is 15.0 Å². The number of aliphatic hydroxyl groups is 1. The number of benzene rings is 1. The second-order valence-corrected chi connectivity index (χ2v) is 6.04. The molecule has 0 fully saturated rings. The minimum Gasteiger partial charge on any atom is -0.392 e. The van der Waals surface area contributed by atoms with Gasteiger partial charge in [0, 0.05) is 54.8 Å². The fourth-order valence-corrected chi connectivity index (χ4v) is 2.69. The summed E-state index contributed by atoms with van der Waals surface area (Å²) in [5, 5.41) is 9.80. The Morgan fingerprint density at radius 1 is 1.31 bits per heavy atom. The van der Waals surface area contributed by atoms with E-state index in [1.807, 2.05) is 0 Å². The average Bonchev–Trinajstić information content (AvgIpc) is 3.04. The number of ketones is 1. The molecule has 0 unspecified atom stereocenters. The maximum absolute atomic E-state index is 14.3. The molecule has 26 heavy (non-hydrogen) atoms. The van der Waals surface area contributed by atoms with E-state index in [2.05, 4.69) is 9.97 Å². The van der Waals surface area contributed by atoms with Crippen molar-refractivity contribution < 1.29 is 18.7 Å². The number of hydrogen-bond acceptors (Lipinski definition) is 4. The SMILES string of the molecule is CN(C)C=C(C(=O)c1c[nH]c2ncc(CO)cc12)c1cccc(F)c1F. The van der Waals surface area contributed by atoms with Crippen molar-refractivity contribution >= 4 is 22.4 Å². The van der Waals surface area contributed by atoms with E-state index in [1.54, 1.807) is 25.1 Å². The van der Waals surface area contributed by atoms with Crippen LogP contribution in [0, 0.1) is 11.6 Å². The van der Waals surface area contributed by atoms with Crippen molar-refractivity contribution in [1.29, 1.82) is 0 Å². The van der Waals surface area contributed by atoms with E-state index in [-0.39, 0.29) is 23.3 Å². The Hall–Kier alpha value is -3.06. The number of carbonyl (C=O) groups is 1.